The van der Waals surface area contributed by atoms with Gasteiger partial charge < -0.3 is 9.47 Å². The molecule has 2 aromatic rings. The average Bonchev–Trinajstić information content (AvgIpc) is 2.56. The molecule has 0 saturated carbocycles. The summed E-state index contributed by atoms with van der Waals surface area (Å²) < 4.78 is 11.2. The van der Waals surface area contributed by atoms with Crippen molar-refractivity contribution in [2.45, 2.75) is 6.54 Å². The van der Waals surface area contributed by atoms with Gasteiger partial charge in [0.2, 0.25) is 0 Å². The van der Waals surface area contributed by atoms with Crippen LogP contribution in [0.3, 0.4) is 0 Å². The first-order chi connectivity index (χ1) is 10.8. The van der Waals surface area contributed by atoms with Gasteiger partial charge >= 0.3 is 0 Å². The number of ether oxygens (including phenoxy) is 2. The zero-order valence-electron chi connectivity index (χ0n) is 12.9. The Bertz CT molecular complexity index is 637. The molecule has 3 nitrogen and oxygen atoms in total. The van der Waals surface area contributed by atoms with E-state index in [0.717, 1.165) is 24.6 Å². The van der Waals surface area contributed by atoms with Gasteiger partial charge in [0.15, 0.2) is 11.5 Å². The predicted octanol–water partition coefficient (Wildman–Crippen LogP) is 3.60. The molecule has 0 unspecified atom stereocenters. The van der Waals surface area contributed by atoms with Gasteiger partial charge in [-0.15, -0.1) is 0 Å². The van der Waals surface area contributed by atoms with Crippen molar-refractivity contribution in [3.8, 4) is 11.5 Å². The summed E-state index contributed by atoms with van der Waals surface area (Å²) in [5.74, 6) is 1.71. The largest absolute Gasteiger partial charge is 0.486 e. The average molecular weight is 295 g/mol. The van der Waals surface area contributed by atoms with Crippen LogP contribution in [0.15, 0.2) is 54.6 Å². The lowest BCUT2D eigenvalue weighted by molar-refractivity contribution is 0.171. The minimum atomic E-state index is 0.631. The van der Waals surface area contributed by atoms with E-state index in [0.29, 0.717) is 13.2 Å². The molecule has 1 heterocycles. The van der Waals surface area contributed by atoms with Gasteiger partial charge in [-0.2, -0.15) is 0 Å². The molecular weight excluding hydrogens is 274 g/mol. The van der Waals surface area contributed by atoms with Crippen molar-refractivity contribution in [2.75, 3.05) is 26.8 Å². The van der Waals surface area contributed by atoms with Crippen molar-refractivity contribution >= 4 is 6.08 Å². The highest BCUT2D eigenvalue weighted by molar-refractivity contribution is 5.48. The highest BCUT2D eigenvalue weighted by atomic mass is 16.6. The first-order valence-corrected chi connectivity index (χ1v) is 7.60. The third-order valence-electron chi connectivity index (χ3n) is 3.59. The van der Waals surface area contributed by atoms with Gasteiger partial charge in [-0.3, -0.25) is 4.90 Å². The quantitative estimate of drug-likeness (QED) is 0.841. The molecule has 0 fully saturated rings. The van der Waals surface area contributed by atoms with Gasteiger partial charge in [-0.05, 0) is 30.3 Å². The molecule has 0 spiro atoms. The smallest absolute Gasteiger partial charge is 0.161 e. The number of hydrogen-bond acceptors (Lipinski definition) is 3. The molecule has 114 valence electrons. The number of rotatable bonds is 5. The van der Waals surface area contributed by atoms with E-state index in [1.807, 2.05) is 12.1 Å². The molecule has 22 heavy (non-hydrogen) atoms. The minimum Gasteiger partial charge on any atom is -0.486 e. The maximum atomic E-state index is 5.63. The Labute approximate surface area is 131 Å². The maximum Gasteiger partial charge on any atom is 0.161 e. The molecule has 0 amide bonds. The molecule has 0 saturated heterocycles. The van der Waals surface area contributed by atoms with Gasteiger partial charge in [0, 0.05) is 13.1 Å². The van der Waals surface area contributed by atoms with Crippen LogP contribution in [-0.4, -0.2) is 31.7 Å². The summed E-state index contributed by atoms with van der Waals surface area (Å²) in [6, 6.07) is 16.5. The van der Waals surface area contributed by atoms with Crippen LogP contribution < -0.4 is 9.47 Å². The van der Waals surface area contributed by atoms with Gasteiger partial charge in [-0.25, -0.2) is 0 Å². The van der Waals surface area contributed by atoms with Crippen LogP contribution in [0.25, 0.3) is 6.08 Å². The van der Waals surface area contributed by atoms with E-state index in [2.05, 4.69) is 60.5 Å². The second-order valence-corrected chi connectivity index (χ2v) is 5.49. The summed E-state index contributed by atoms with van der Waals surface area (Å²) in [5.41, 5.74) is 2.47. The predicted molar refractivity (Wildman–Crippen MR) is 89.2 cm³/mol. The highest BCUT2D eigenvalue weighted by Crippen LogP contribution is 2.30. The zero-order valence-corrected chi connectivity index (χ0v) is 12.9. The Morgan fingerprint density at radius 2 is 1.77 bits per heavy atom. The molecule has 0 N–H and O–H groups in total. The Kier molecular flexibility index (Phi) is 4.76. The summed E-state index contributed by atoms with van der Waals surface area (Å²) in [6.07, 6.45) is 4.34. The topological polar surface area (TPSA) is 21.7 Å². The Morgan fingerprint density at radius 3 is 2.59 bits per heavy atom. The van der Waals surface area contributed by atoms with Crippen LogP contribution in [-0.2, 0) is 6.54 Å². The standard InChI is InChI=1S/C19H21NO2/c1-20(11-5-8-16-6-3-2-4-7-16)15-17-9-10-18-19(14-17)22-13-12-21-18/h2-10,14H,11-13,15H2,1H3. The van der Waals surface area contributed by atoms with Crippen molar-refractivity contribution in [3.05, 3.63) is 65.7 Å². The lowest BCUT2D eigenvalue weighted by atomic mass is 10.2. The SMILES string of the molecule is CN(CC=Cc1ccccc1)Cc1ccc2c(c1)OCCO2. The van der Waals surface area contributed by atoms with Crippen LogP contribution in [0.2, 0.25) is 0 Å². The monoisotopic (exact) mass is 295 g/mol. The molecule has 2 aromatic carbocycles. The summed E-state index contributed by atoms with van der Waals surface area (Å²) in [7, 11) is 2.12. The number of benzene rings is 2. The summed E-state index contributed by atoms with van der Waals surface area (Å²) in [4.78, 5) is 2.27. The Hall–Kier alpha value is -2.26. The van der Waals surface area contributed by atoms with E-state index in [1.54, 1.807) is 0 Å². The molecule has 0 aliphatic carbocycles. The van der Waals surface area contributed by atoms with E-state index >= 15 is 0 Å². The van der Waals surface area contributed by atoms with Crippen LogP contribution >= 0.6 is 0 Å². The molecule has 0 atom stereocenters. The molecule has 0 aromatic heterocycles. The molecule has 0 bridgehead atoms. The highest BCUT2D eigenvalue weighted by Gasteiger charge is 2.12. The molecular formula is C19H21NO2. The van der Waals surface area contributed by atoms with Crippen molar-refractivity contribution < 1.29 is 9.47 Å². The number of nitrogens with zero attached hydrogens (tertiary/aromatic N) is 1. The van der Waals surface area contributed by atoms with Crippen LogP contribution in [0, 0.1) is 0 Å². The van der Waals surface area contributed by atoms with Gasteiger partial charge in [-0.1, -0.05) is 48.6 Å². The molecule has 1 aliphatic rings. The Morgan fingerprint density at radius 1 is 1.00 bits per heavy atom. The summed E-state index contributed by atoms with van der Waals surface area (Å²) in [5, 5.41) is 0. The first-order valence-electron chi connectivity index (χ1n) is 7.60. The maximum absolute atomic E-state index is 5.63. The van der Waals surface area contributed by atoms with E-state index in [9.17, 15) is 0 Å². The fourth-order valence-electron chi connectivity index (χ4n) is 2.50. The lowest BCUT2D eigenvalue weighted by Crippen LogP contribution is -2.19. The second-order valence-electron chi connectivity index (χ2n) is 5.49. The van der Waals surface area contributed by atoms with Crippen molar-refractivity contribution in [1.29, 1.82) is 0 Å². The summed E-state index contributed by atoms with van der Waals surface area (Å²) in [6.45, 7) is 3.06. The van der Waals surface area contributed by atoms with Gasteiger partial charge in [0.1, 0.15) is 13.2 Å². The van der Waals surface area contributed by atoms with Crippen molar-refractivity contribution in [2.24, 2.45) is 0 Å². The fraction of sp³-hybridized carbons (Fsp3) is 0.263. The molecule has 0 radical (unpaired) electrons. The third kappa shape index (κ3) is 3.89. The van der Waals surface area contributed by atoms with Crippen LogP contribution in [0.1, 0.15) is 11.1 Å². The molecule has 3 heteroatoms. The lowest BCUT2D eigenvalue weighted by Gasteiger charge is -2.20. The fourth-order valence-corrected chi connectivity index (χ4v) is 2.50. The number of likely N-dealkylation sites (N-methyl/N-ethyl adjacent to an activating group) is 1. The van der Waals surface area contributed by atoms with E-state index in [-0.39, 0.29) is 0 Å². The first kappa shape index (κ1) is 14.7. The van der Waals surface area contributed by atoms with Gasteiger partial charge in [0.25, 0.3) is 0 Å². The number of fused-ring (bicyclic) bond motifs is 1. The van der Waals surface area contributed by atoms with Crippen LogP contribution in [0.5, 0.6) is 11.5 Å². The number of hydrogen-bond donors (Lipinski definition) is 0. The van der Waals surface area contributed by atoms with Crippen LogP contribution in [0.4, 0.5) is 0 Å². The van der Waals surface area contributed by atoms with Crippen molar-refractivity contribution in [3.63, 3.8) is 0 Å². The molecule has 1 aliphatic heterocycles. The van der Waals surface area contributed by atoms with Gasteiger partial charge in [0.05, 0.1) is 0 Å². The van der Waals surface area contributed by atoms with Crippen molar-refractivity contribution in [1.82, 2.24) is 4.90 Å². The van der Waals surface area contributed by atoms with E-state index in [1.165, 1.54) is 11.1 Å². The zero-order chi connectivity index (χ0) is 15.2. The second kappa shape index (κ2) is 7.14. The summed E-state index contributed by atoms with van der Waals surface area (Å²) >= 11 is 0. The van der Waals surface area contributed by atoms with E-state index in [4.69, 9.17) is 9.47 Å². The normalized spacial score (nSPS) is 13.7. The minimum absolute atomic E-state index is 0.631. The van der Waals surface area contributed by atoms with E-state index < -0.39 is 0 Å². The third-order valence-corrected chi connectivity index (χ3v) is 3.59. The molecule has 3 rings (SSSR count). The Balaban J connectivity index is 1.55.